The molecular formula is C20H22N2. The predicted molar refractivity (Wildman–Crippen MR) is 92.9 cm³/mol. The average Bonchev–Trinajstić information content (AvgIpc) is 2.55. The van der Waals surface area contributed by atoms with E-state index in [0.717, 1.165) is 25.0 Å². The van der Waals surface area contributed by atoms with Gasteiger partial charge in [-0.3, -0.25) is 4.99 Å². The van der Waals surface area contributed by atoms with Gasteiger partial charge in [0, 0.05) is 18.6 Å². The lowest BCUT2D eigenvalue weighted by Crippen LogP contribution is -2.20. The Hall–Kier alpha value is -2.35. The molecule has 0 saturated carbocycles. The third-order valence-electron chi connectivity index (χ3n) is 4.00. The highest BCUT2D eigenvalue weighted by atomic mass is 15.0. The van der Waals surface area contributed by atoms with Crippen molar-refractivity contribution in [3.8, 4) is 0 Å². The van der Waals surface area contributed by atoms with Crippen molar-refractivity contribution in [2.24, 2.45) is 4.99 Å². The first-order valence-electron chi connectivity index (χ1n) is 7.92. The lowest BCUT2D eigenvalue weighted by atomic mass is 10.1. The summed E-state index contributed by atoms with van der Waals surface area (Å²) in [5, 5.41) is 1.28. The van der Waals surface area contributed by atoms with Crippen LogP contribution in [0.1, 0.15) is 18.1 Å². The quantitative estimate of drug-likeness (QED) is 0.688. The molecule has 0 fully saturated rings. The molecule has 0 amide bonds. The number of rotatable bonds is 4. The van der Waals surface area contributed by atoms with Gasteiger partial charge in [0.05, 0.1) is 0 Å². The van der Waals surface area contributed by atoms with Gasteiger partial charge in [0.15, 0.2) is 0 Å². The summed E-state index contributed by atoms with van der Waals surface area (Å²) < 4.78 is 2.29. The zero-order valence-corrected chi connectivity index (χ0v) is 13.3. The van der Waals surface area contributed by atoms with Gasteiger partial charge in [-0.05, 0) is 55.5 Å². The average molecular weight is 290 g/mol. The molecule has 3 rings (SSSR count). The number of pyridine rings is 1. The fourth-order valence-electron chi connectivity index (χ4n) is 2.85. The van der Waals surface area contributed by atoms with Gasteiger partial charge in [0.25, 0.3) is 0 Å². The topological polar surface area (TPSA) is 17.3 Å². The summed E-state index contributed by atoms with van der Waals surface area (Å²) in [6.45, 7) is 6.06. The molecule has 0 aliphatic heterocycles. The Morgan fingerprint density at radius 2 is 1.77 bits per heavy atom. The molecule has 3 aromatic rings. The van der Waals surface area contributed by atoms with Gasteiger partial charge in [-0.1, -0.05) is 42.0 Å². The minimum atomic E-state index is 0.821. The van der Waals surface area contributed by atoms with E-state index in [1.807, 2.05) is 0 Å². The lowest BCUT2D eigenvalue weighted by molar-refractivity contribution is 0.726. The van der Waals surface area contributed by atoms with Crippen LogP contribution in [-0.2, 0) is 13.0 Å². The fourth-order valence-corrected chi connectivity index (χ4v) is 2.85. The van der Waals surface area contributed by atoms with Crippen LogP contribution in [0.2, 0.25) is 0 Å². The number of aryl methyl sites for hydroxylation is 2. The van der Waals surface area contributed by atoms with Crippen LogP contribution in [0.4, 0.5) is 0 Å². The molecule has 0 aliphatic carbocycles. The number of fused-ring (bicyclic) bond motifs is 1. The van der Waals surface area contributed by atoms with Crippen molar-refractivity contribution in [3.05, 3.63) is 77.3 Å². The number of nitrogens with zero attached hydrogens (tertiary/aromatic N) is 2. The maximum absolute atomic E-state index is 4.81. The summed E-state index contributed by atoms with van der Waals surface area (Å²) in [5.74, 6) is 0. The Kier molecular flexibility index (Phi) is 4.38. The Bertz CT molecular complexity index is 829. The molecule has 0 atom stereocenters. The Morgan fingerprint density at radius 3 is 2.55 bits per heavy atom. The molecule has 1 aromatic heterocycles. The summed E-state index contributed by atoms with van der Waals surface area (Å²) in [6, 6.07) is 21.4. The normalized spacial score (nSPS) is 12.0. The molecule has 0 N–H and O–H groups in total. The van der Waals surface area contributed by atoms with Crippen LogP contribution < -0.4 is 5.49 Å². The molecule has 0 saturated heterocycles. The first kappa shape index (κ1) is 14.6. The van der Waals surface area contributed by atoms with Gasteiger partial charge < -0.3 is 4.57 Å². The van der Waals surface area contributed by atoms with E-state index < -0.39 is 0 Å². The molecular weight excluding hydrogens is 268 g/mol. The van der Waals surface area contributed by atoms with Crippen LogP contribution in [0.3, 0.4) is 0 Å². The zero-order valence-electron chi connectivity index (χ0n) is 13.3. The summed E-state index contributed by atoms with van der Waals surface area (Å²) >= 11 is 0. The standard InChI is InChI=1S/C20H22N2/c1-3-22-19-11-9-16(2)15-18(19)10-12-20(22)21-14-13-17-7-5-4-6-8-17/h4-12,15H,3,13-14H2,1-2H3. The highest BCUT2D eigenvalue weighted by Gasteiger charge is 2.00. The van der Waals surface area contributed by atoms with Gasteiger partial charge in [-0.25, -0.2) is 0 Å². The SMILES string of the molecule is CCn1c(=NCCc2ccccc2)ccc2cc(C)ccc21. The lowest BCUT2D eigenvalue weighted by Gasteiger charge is -2.10. The van der Waals surface area contributed by atoms with Gasteiger partial charge in [0.2, 0.25) is 0 Å². The van der Waals surface area contributed by atoms with Crippen molar-refractivity contribution in [1.29, 1.82) is 0 Å². The minimum Gasteiger partial charge on any atom is -0.326 e. The van der Waals surface area contributed by atoms with Gasteiger partial charge in [-0.2, -0.15) is 0 Å². The van der Waals surface area contributed by atoms with Crippen molar-refractivity contribution >= 4 is 10.9 Å². The van der Waals surface area contributed by atoms with E-state index in [1.165, 1.54) is 22.0 Å². The number of hydrogen-bond acceptors (Lipinski definition) is 1. The van der Waals surface area contributed by atoms with Crippen molar-refractivity contribution < 1.29 is 0 Å². The second kappa shape index (κ2) is 6.61. The number of hydrogen-bond donors (Lipinski definition) is 0. The van der Waals surface area contributed by atoms with Crippen LogP contribution in [0, 0.1) is 6.92 Å². The molecule has 22 heavy (non-hydrogen) atoms. The van der Waals surface area contributed by atoms with Crippen LogP contribution in [0.25, 0.3) is 10.9 Å². The molecule has 2 heteroatoms. The summed E-state index contributed by atoms with van der Waals surface area (Å²) in [5.41, 5.74) is 4.96. The monoisotopic (exact) mass is 290 g/mol. The molecule has 2 nitrogen and oxygen atoms in total. The zero-order chi connectivity index (χ0) is 15.4. The number of aromatic nitrogens is 1. The summed E-state index contributed by atoms with van der Waals surface area (Å²) in [7, 11) is 0. The predicted octanol–water partition coefficient (Wildman–Crippen LogP) is 4.11. The van der Waals surface area contributed by atoms with Crippen LogP contribution in [0.15, 0.2) is 65.7 Å². The maximum Gasteiger partial charge on any atom is 0.127 e. The van der Waals surface area contributed by atoms with E-state index >= 15 is 0 Å². The Balaban J connectivity index is 1.93. The first-order valence-corrected chi connectivity index (χ1v) is 7.92. The molecule has 0 aliphatic rings. The van der Waals surface area contributed by atoms with Gasteiger partial charge in [-0.15, -0.1) is 0 Å². The maximum atomic E-state index is 4.81. The smallest absolute Gasteiger partial charge is 0.127 e. The molecule has 2 aromatic carbocycles. The fraction of sp³-hybridized carbons (Fsp3) is 0.250. The minimum absolute atomic E-state index is 0.821. The van der Waals surface area contributed by atoms with Crippen molar-refractivity contribution in [2.75, 3.05) is 6.54 Å². The van der Waals surface area contributed by atoms with E-state index in [2.05, 4.69) is 79.1 Å². The third-order valence-corrected chi connectivity index (χ3v) is 4.00. The van der Waals surface area contributed by atoms with Crippen LogP contribution in [-0.4, -0.2) is 11.1 Å². The van der Waals surface area contributed by atoms with E-state index in [4.69, 9.17) is 4.99 Å². The van der Waals surface area contributed by atoms with Gasteiger partial charge >= 0.3 is 0 Å². The summed E-state index contributed by atoms with van der Waals surface area (Å²) in [4.78, 5) is 4.81. The molecule has 0 radical (unpaired) electrons. The van der Waals surface area contributed by atoms with Crippen LogP contribution in [0.5, 0.6) is 0 Å². The highest BCUT2D eigenvalue weighted by molar-refractivity contribution is 5.79. The van der Waals surface area contributed by atoms with Crippen molar-refractivity contribution in [3.63, 3.8) is 0 Å². The second-order valence-corrected chi connectivity index (χ2v) is 5.62. The molecule has 1 heterocycles. The third kappa shape index (κ3) is 3.11. The Labute approximate surface area is 131 Å². The Morgan fingerprint density at radius 1 is 0.955 bits per heavy atom. The summed E-state index contributed by atoms with van der Waals surface area (Å²) in [6.07, 6.45) is 0.983. The number of benzene rings is 2. The van der Waals surface area contributed by atoms with Gasteiger partial charge in [0.1, 0.15) is 5.49 Å². The molecule has 0 bridgehead atoms. The van der Waals surface area contributed by atoms with E-state index in [-0.39, 0.29) is 0 Å². The largest absolute Gasteiger partial charge is 0.326 e. The molecule has 0 spiro atoms. The van der Waals surface area contributed by atoms with E-state index in [9.17, 15) is 0 Å². The highest BCUT2D eigenvalue weighted by Crippen LogP contribution is 2.13. The van der Waals surface area contributed by atoms with Crippen molar-refractivity contribution in [2.45, 2.75) is 26.8 Å². The van der Waals surface area contributed by atoms with E-state index in [0.29, 0.717) is 0 Å². The van der Waals surface area contributed by atoms with Crippen molar-refractivity contribution in [1.82, 2.24) is 4.57 Å². The van der Waals surface area contributed by atoms with E-state index in [1.54, 1.807) is 0 Å². The first-order chi connectivity index (χ1) is 10.8. The van der Waals surface area contributed by atoms with Crippen LogP contribution >= 0.6 is 0 Å². The second-order valence-electron chi connectivity index (χ2n) is 5.62. The molecule has 0 unspecified atom stereocenters. The molecule has 112 valence electrons.